The Labute approximate surface area is 103 Å². The van der Waals surface area contributed by atoms with E-state index in [1.54, 1.807) is 0 Å². The van der Waals surface area contributed by atoms with Gasteiger partial charge in [0.15, 0.2) is 0 Å². The fraction of sp³-hybridized carbons (Fsp3) is 0.571. The molecule has 1 aliphatic heterocycles. The maximum Gasteiger partial charge on any atom is 0.0914 e. The van der Waals surface area contributed by atoms with Gasteiger partial charge in [-0.1, -0.05) is 24.3 Å². The van der Waals surface area contributed by atoms with E-state index in [2.05, 4.69) is 22.3 Å². The Morgan fingerprint density at radius 3 is 2.82 bits per heavy atom. The predicted molar refractivity (Wildman–Crippen MR) is 69.8 cm³/mol. The van der Waals surface area contributed by atoms with Crippen molar-refractivity contribution in [3.05, 3.63) is 35.4 Å². The molecular formula is C14H22N2O. The van der Waals surface area contributed by atoms with Gasteiger partial charge in [0.05, 0.1) is 6.10 Å². The predicted octanol–water partition coefficient (Wildman–Crippen LogP) is 1.54. The molecule has 1 heterocycles. The van der Waals surface area contributed by atoms with Crippen molar-refractivity contribution in [1.82, 2.24) is 10.2 Å². The molecule has 1 aromatic rings. The Hall–Kier alpha value is -0.900. The molecule has 0 amide bonds. The van der Waals surface area contributed by atoms with Gasteiger partial charge in [-0.15, -0.1) is 0 Å². The number of aliphatic hydroxyl groups excluding tert-OH is 1. The van der Waals surface area contributed by atoms with Crippen LogP contribution < -0.4 is 5.32 Å². The zero-order valence-electron chi connectivity index (χ0n) is 10.5. The molecule has 0 spiro atoms. The number of likely N-dealkylation sites (N-methyl/N-ethyl adjacent to an activating group) is 1. The molecule has 17 heavy (non-hydrogen) atoms. The van der Waals surface area contributed by atoms with Gasteiger partial charge >= 0.3 is 0 Å². The first-order valence-electron chi connectivity index (χ1n) is 6.43. The first kappa shape index (κ1) is 12.6. The molecule has 1 fully saturated rings. The summed E-state index contributed by atoms with van der Waals surface area (Å²) in [6.07, 6.45) is 2.24. The molecule has 0 aliphatic carbocycles. The van der Waals surface area contributed by atoms with Crippen molar-refractivity contribution in [3.63, 3.8) is 0 Å². The molecule has 0 radical (unpaired) electrons. The molecule has 1 unspecified atom stereocenters. The van der Waals surface area contributed by atoms with Gasteiger partial charge in [0.2, 0.25) is 0 Å². The monoisotopic (exact) mass is 234 g/mol. The van der Waals surface area contributed by atoms with Crippen LogP contribution in [0.1, 0.15) is 30.1 Å². The van der Waals surface area contributed by atoms with E-state index in [9.17, 15) is 5.11 Å². The SMILES string of the molecule is CNCC(O)c1cccc(CN2CCCC2)c1. The number of hydrogen-bond donors (Lipinski definition) is 2. The molecule has 0 saturated carbocycles. The van der Waals surface area contributed by atoms with E-state index < -0.39 is 6.10 Å². The van der Waals surface area contributed by atoms with Crippen molar-refractivity contribution in [2.45, 2.75) is 25.5 Å². The lowest BCUT2D eigenvalue weighted by Gasteiger charge is -2.16. The molecule has 3 heteroatoms. The average molecular weight is 234 g/mol. The normalized spacial score (nSPS) is 18.5. The number of benzene rings is 1. The summed E-state index contributed by atoms with van der Waals surface area (Å²) in [6, 6.07) is 8.31. The Bertz CT molecular complexity index is 348. The second-order valence-electron chi connectivity index (χ2n) is 4.80. The minimum Gasteiger partial charge on any atom is -0.387 e. The number of nitrogens with one attached hydrogen (secondary N) is 1. The van der Waals surface area contributed by atoms with Crippen molar-refractivity contribution in [1.29, 1.82) is 0 Å². The van der Waals surface area contributed by atoms with E-state index in [0.717, 1.165) is 12.1 Å². The highest BCUT2D eigenvalue weighted by atomic mass is 16.3. The molecule has 2 rings (SSSR count). The topological polar surface area (TPSA) is 35.5 Å². The number of rotatable bonds is 5. The lowest BCUT2D eigenvalue weighted by Crippen LogP contribution is -2.19. The molecule has 1 saturated heterocycles. The number of nitrogens with zero attached hydrogens (tertiary/aromatic N) is 1. The van der Waals surface area contributed by atoms with E-state index in [1.165, 1.54) is 31.5 Å². The van der Waals surface area contributed by atoms with Gasteiger partial charge in [-0.05, 0) is 44.1 Å². The van der Waals surface area contributed by atoms with Crippen LogP contribution in [-0.4, -0.2) is 36.7 Å². The summed E-state index contributed by atoms with van der Waals surface area (Å²) < 4.78 is 0. The van der Waals surface area contributed by atoms with Crippen molar-refractivity contribution < 1.29 is 5.11 Å². The first-order valence-corrected chi connectivity index (χ1v) is 6.43. The largest absolute Gasteiger partial charge is 0.387 e. The summed E-state index contributed by atoms with van der Waals surface area (Å²) in [5, 5.41) is 12.9. The molecule has 0 bridgehead atoms. The highest BCUT2D eigenvalue weighted by Crippen LogP contribution is 2.17. The summed E-state index contributed by atoms with van der Waals surface area (Å²) in [4.78, 5) is 2.48. The van der Waals surface area contributed by atoms with Crippen LogP contribution in [0.4, 0.5) is 0 Å². The van der Waals surface area contributed by atoms with Crippen LogP contribution in [0.3, 0.4) is 0 Å². The van der Waals surface area contributed by atoms with Gasteiger partial charge in [0.25, 0.3) is 0 Å². The molecule has 2 N–H and O–H groups in total. The second kappa shape index (κ2) is 6.15. The van der Waals surface area contributed by atoms with Crippen LogP contribution in [0.5, 0.6) is 0 Å². The second-order valence-corrected chi connectivity index (χ2v) is 4.80. The van der Waals surface area contributed by atoms with Crippen LogP contribution in [0.2, 0.25) is 0 Å². The lowest BCUT2D eigenvalue weighted by molar-refractivity contribution is 0.177. The highest BCUT2D eigenvalue weighted by molar-refractivity contribution is 5.25. The van der Waals surface area contributed by atoms with E-state index >= 15 is 0 Å². The molecule has 3 nitrogen and oxygen atoms in total. The van der Waals surface area contributed by atoms with E-state index in [-0.39, 0.29) is 0 Å². The molecule has 1 aliphatic rings. The summed E-state index contributed by atoms with van der Waals surface area (Å²) >= 11 is 0. The van der Waals surface area contributed by atoms with E-state index in [4.69, 9.17) is 0 Å². The van der Waals surface area contributed by atoms with Crippen LogP contribution in [0, 0.1) is 0 Å². The van der Waals surface area contributed by atoms with Crippen molar-refractivity contribution in [2.24, 2.45) is 0 Å². The molecule has 94 valence electrons. The minimum absolute atomic E-state index is 0.404. The Balaban J connectivity index is 2.00. The zero-order chi connectivity index (χ0) is 12.1. The number of aliphatic hydroxyl groups is 1. The van der Waals surface area contributed by atoms with Gasteiger partial charge < -0.3 is 10.4 Å². The minimum atomic E-state index is -0.404. The maximum absolute atomic E-state index is 9.93. The van der Waals surface area contributed by atoms with Gasteiger partial charge in [-0.2, -0.15) is 0 Å². The lowest BCUT2D eigenvalue weighted by atomic mass is 10.1. The van der Waals surface area contributed by atoms with Crippen molar-refractivity contribution in [2.75, 3.05) is 26.7 Å². The van der Waals surface area contributed by atoms with Crippen molar-refractivity contribution >= 4 is 0 Å². The third-order valence-electron chi connectivity index (χ3n) is 3.34. The summed E-state index contributed by atoms with van der Waals surface area (Å²) in [5.74, 6) is 0. The van der Waals surface area contributed by atoms with Gasteiger partial charge in [-0.25, -0.2) is 0 Å². The molecular weight excluding hydrogens is 212 g/mol. The fourth-order valence-electron chi connectivity index (χ4n) is 2.41. The van der Waals surface area contributed by atoms with E-state index in [1.807, 2.05) is 19.2 Å². The Kier molecular flexibility index (Phi) is 4.54. The molecule has 1 aromatic carbocycles. The fourth-order valence-corrected chi connectivity index (χ4v) is 2.41. The van der Waals surface area contributed by atoms with E-state index in [0.29, 0.717) is 6.54 Å². The summed E-state index contributed by atoms with van der Waals surface area (Å²) in [5.41, 5.74) is 2.32. The van der Waals surface area contributed by atoms with Crippen LogP contribution in [-0.2, 0) is 6.54 Å². The standard InChI is InChI=1S/C14H22N2O/c1-15-10-14(17)13-6-4-5-12(9-13)11-16-7-2-3-8-16/h4-6,9,14-15,17H,2-3,7-8,10-11H2,1H3. The highest BCUT2D eigenvalue weighted by Gasteiger charge is 2.12. The van der Waals surface area contributed by atoms with Crippen LogP contribution in [0.15, 0.2) is 24.3 Å². The summed E-state index contributed by atoms with van der Waals surface area (Å²) in [6.45, 7) is 4.04. The first-order chi connectivity index (χ1) is 8.29. The Morgan fingerprint density at radius 2 is 2.12 bits per heavy atom. The van der Waals surface area contributed by atoms with Crippen LogP contribution in [0.25, 0.3) is 0 Å². The molecule has 1 atom stereocenters. The number of likely N-dealkylation sites (tertiary alicyclic amines) is 1. The van der Waals surface area contributed by atoms with Gasteiger partial charge in [0, 0.05) is 13.1 Å². The van der Waals surface area contributed by atoms with Crippen LogP contribution >= 0.6 is 0 Å². The quantitative estimate of drug-likeness (QED) is 0.811. The Morgan fingerprint density at radius 1 is 1.35 bits per heavy atom. The maximum atomic E-state index is 9.93. The average Bonchev–Trinajstić information content (AvgIpc) is 2.82. The van der Waals surface area contributed by atoms with Gasteiger partial charge in [0.1, 0.15) is 0 Å². The van der Waals surface area contributed by atoms with Gasteiger partial charge in [-0.3, -0.25) is 4.90 Å². The third-order valence-corrected chi connectivity index (χ3v) is 3.34. The third kappa shape index (κ3) is 3.53. The molecule has 0 aromatic heterocycles. The summed E-state index contributed by atoms with van der Waals surface area (Å²) in [7, 11) is 1.86. The number of hydrogen-bond acceptors (Lipinski definition) is 3. The zero-order valence-corrected chi connectivity index (χ0v) is 10.5. The smallest absolute Gasteiger partial charge is 0.0914 e. The van der Waals surface area contributed by atoms with Crippen molar-refractivity contribution in [3.8, 4) is 0 Å².